The molecule has 0 radical (unpaired) electrons. The molecule has 6 heteroatoms. The van der Waals surface area contributed by atoms with E-state index in [4.69, 9.17) is 9.72 Å². The van der Waals surface area contributed by atoms with Gasteiger partial charge in [-0.1, -0.05) is 42.7 Å². The zero-order valence-corrected chi connectivity index (χ0v) is 17.6. The second kappa shape index (κ2) is 8.69. The van der Waals surface area contributed by atoms with E-state index in [2.05, 4.69) is 36.1 Å². The summed E-state index contributed by atoms with van der Waals surface area (Å²) in [5, 5.41) is 0.508. The van der Waals surface area contributed by atoms with E-state index in [1.807, 2.05) is 0 Å². The van der Waals surface area contributed by atoms with Crippen LogP contribution in [-0.4, -0.2) is 35.7 Å². The van der Waals surface area contributed by atoms with Gasteiger partial charge in [0.15, 0.2) is 0 Å². The number of benzene rings is 2. The normalized spacial score (nSPS) is 14.5. The molecule has 0 amide bonds. The van der Waals surface area contributed by atoms with Crippen LogP contribution in [0.2, 0.25) is 0 Å². The van der Waals surface area contributed by atoms with E-state index in [1.54, 1.807) is 22.8 Å². The molecule has 1 aromatic heterocycles. The first kappa shape index (κ1) is 20.1. The van der Waals surface area contributed by atoms with Crippen LogP contribution in [0, 0.1) is 6.92 Å². The van der Waals surface area contributed by atoms with Crippen molar-refractivity contribution in [1.82, 2.24) is 9.55 Å². The topological polar surface area (TPSA) is 64.4 Å². The molecule has 1 fully saturated rings. The molecular weight excluding hydrogens is 378 g/mol. The maximum atomic E-state index is 13.5. The number of aromatic nitrogens is 2. The monoisotopic (exact) mass is 405 g/mol. The van der Waals surface area contributed by atoms with Crippen LogP contribution in [0.25, 0.3) is 10.9 Å². The molecule has 0 bridgehead atoms. The van der Waals surface area contributed by atoms with Gasteiger partial charge in [-0.3, -0.25) is 9.36 Å². The van der Waals surface area contributed by atoms with Crippen molar-refractivity contribution in [3.8, 4) is 0 Å². The lowest BCUT2D eigenvalue weighted by Gasteiger charge is -2.25. The number of esters is 1. The summed E-state index contributed by atoms with van der Waals surface area (Å²) in [5.41, 5.74) is 3.09. The van der Waals surface area contributed by atoms with Gasteiger partial charge in [-0.2, -0.15) is 0 Å². The molecule has 0 aliphatic carbocycles. The molecule has 0 spiro atoms. The van der Waals surface area contributed by atoms with Crippen molar-refractivity contribution in [1.29, 1.82) is 0 Å². The Morgan fingerprint density at radius 3 is 2.40 bits per heavy atom. The van der Waals surface area contributed by atoms with Gasteiger partial charge in [0.2, 0.25) is 5.95 Å². The number of hydrogen-bond donors (Lipinski definition) is 0. The van der Waals surface area contributed by atoms with Crippen LogP contribution >= 0.6 is 0 Å². The van der Waals surface area contributed by atoms with Crippen LogP contribution in [-0.2, 0) is 11.3 Å². The summed E-state index contributed by atoms with van der Waals surface area (Å²) >= 11 is 0. The van der Waals surface area contributed by atoms with E-state index in [0.717, 1.165) is 31.5 Å². The molecule has 0 atom stereocenters. The van der Waals surface area contributed by atoms with Gasteiger partial charge in [-0.25, -0.2) is 9.78 Å². The van der Waals surface area contributed by atoms with Gasteiger partial charge in [0.25, 0.3) is 5.56 Å². The zero-order valence-electron chi connectivity index (χ0n) is 17.6. The van der Waals surface area contributed by atoms with Crippen molar-refractivity contribution in [3.63, 3.8) is 0 Å². The first-order chi connectivity index (χ1) is 14.6. The summed E-state index contributed by atoms with van der Waals surface area (Å²) in [6.45, 7) is 4.27. The minimum absolute atomic E-state index is 0.0868. The van der Waals surface area contributed by atoms with Crippen molar-refractivity contribution in [2.24, 2.45) is 0 Å². The summed E-state index contributed by atoms with van der Waals surface area (Å²) in [5.74, 6) is 0.246. The lowest BCUT2D eigenvalue weighted by molar-refractivity contribution is 0.0601. The first-order valence-corrected chi connectivity index (χ1v) is 10.5. The molecule has 30 heavy (non-hydrogen) atoms. The Morgan fingerprint density at radius 2 is 1.73 bits per heavy atom. The largest absolute Gasteiger partial charge is 0.465 e. The molecule has 4 rings (SSSR count). The van der Waals surface area contributed by atoms with Crippen LogP contribution < -0.4 is 10.5 Å². The summed E-state index contributed by atoms with van der Waals surface area (Å²) in [4.78, 5) is 32.5. The highest BCUT2D eigenvalue weighted by Crippen LogP contribution is 2.21. The Morgan fingerprint density at radius 1 is 1.03 bits per heavy atom. The summed E-state index contributed by atoms with van der Waals surface area (Å²) in [6.07, 6.45) is 4.55. The minimum Gasteiger partial charge on any atom is -0.465 e. The highest BCUT2D eigenvalue weighted by molar-refractivity contribution is 5.94. The maximum absolute atomic E-state index is 13.5. The number of nitrogens with zero attached hydrogens (tertiary/aromatic N) is 3. The van der Waals surface area contributed by atoms with Gasteiger partial charge < -0.3 is 9.64 Å². The summed E-state index contributed by atoms with van der Waals surface area (Å²) < 4.78 is 6.60. The quantitative estimate of drug-likeness (QED) is 0.616. The SMILES string of the molecule is COC(=O)c1ccc2c(=O)n(Cc3ccc(C)cc3)c(N3CCCCCC3)nc2c1. The van der Waals surface area contributed by atoms with Crippen LogP contribution in [0.15, 0.2) is 47.3 Å². The maximum Gasteiger partial charge on any atom is 0.337 e. The standard InChI is InChI=1S/C24H27N3O3/c1-17-7-9-18(10-8-17)16-27-22(28)20-12-11-19(23(29)30-2)15-21(20)25-24(27)26-13-5-3-4-6-14-26/h7-12,15H,3-6,13-14,16H2,1-2H3. The third-order valence-corrected chi connectivity index (χ3v) is 5.71. The highest BCUT2D eigenvalue weighted by Gasteiger charge is 2.19. The van der Waals surface area contributed by atoms with Gasteiger partial charge in [-0.05, 0) is 43.5 Å². The van der Waals surface area contributed by atoms with Crippen molar-refractivity contribution in [2.75, 3.05) is 25.1 Å². The molecule has 6 nitrogen and oxygen atoms in total. The zero-order chi connectivity index (χ0) is 21.1. The van der Waals surface area contributed by atoms with Crippen molar-refractivity contribution < 1.29 is 9.53 Å². The van der Waals surface area contributed by atoms with Crippen molar-refractivity contribution >= 4 is 22.8 Å². The number of anilines is 1. The Bertz CT molecular complexity index is 1110. The molecule has 0 unspecified atom stereocenters. The fraction of sp³-hybridized carbons (Fsp3) is 0.375. The number of carbonyl (C=O) groups excluding carboxylic acids is 1. The van der Waals surface area contributed by atoms with E-state index in [-0.39, 0.29) is 5.56 Å². The molecule has 1 aliphatic rings. The second-order valence-corrected chi connectivity index (χ2v) is 7.91. The van der Waals surface area contributed by atoms with Gasteiger partial charge in [0.05, 0.1) is 30.1 Å². The van der Waals surface area contributed by atoms with Gasteiger partial charge in [0, 0.05) is 13.1 Å². The average Bonchev–Trinajstić information content (AvgIpc) is 3.05. The van der Waals surface area contributed by atoms with Crippen molar-refractivity contribution in [2.45, 2.75) is 39.2 Å². The molecule has 156 valence electrons. The molecule has 2 aromatic carbocycles. The number of hydrogen-bond acceptors (Lipinski definition) is 5. The molecule has 1 saturated heterocycles. The Balaban J connectivity index is 1.86. The van der Waals surface area contributed by atoms with E-state index < -0.39 is 5.97 Å². The predicted octanol–water partition coefficient (Wildman–Crippen LogP) is 3.92. The lowest BCUT2D eigenvalue weighted by Crippen LogP contribution is -2.34. The average molecular weight is 405 g/mol. The smallest absolute Gasteiger partial charge is 0.337 e. The molecule has 0 N–H and O–H groups in total. The van der Waals surface area contributed by atoms with E-state index in [9.17, 15) is 9.59 Å². The number of fused-ring (bicyclic) bond motifs is 1. The fourth-order valence-electron chi connectivity index (χ4n) is 3.98. The second-order valence-electron chi connectivity index (χ2n) is 7.91. The summed E-state index contributed by atoms with van der Waals surface area (Å²) in [7, 11) is 1.35. The molecule has 2 heterocycles. The van der Waals surface area contributed by atoms with E-state index >= 15 is 0 Å². The Labute approximate surface area is 176 Å². The van der Waals surface area contributed by atoms with Gasteiger partial charge in [0.1, 0.15) is 0 Å². The lowest BCUT2D eigenvalue weighted by atomic mass is 10.1. The number of aryl methyl sites for hydroxylation is 1. The fourth-order valence-corrected chi connectivity index (χ4v) is 3.98. The molecule has 3 aromatic rings. The number of methoxy groups -OCH3 is 1. The summed E-state index contributed by atoms with van der Waals surface area (Å²) in [6, 6.07) is 13.2. The molecular formula is C24H27N3O3. The van der Waals surface area contributed by atoms with Gasteiger partial charge in [-0.15, -0.1) is 0 Å². The van der Waals surface area contributed by atoms with Crippen molar-refractivity contribution in [3.05, 3.63) is 69.5 Å². The Kier molecular flexibility index (Phi) is 5.84. The van der Waals surface area contributed by atoms with E-state index in [0.29, 0.717) is 29.0 Å². The van der Waals surface area contributed by atoms with E-state index in [1.165, 1.54) is 25.5 Å². The molecule has 0 saturated carbocycles. The highest BCUT2D eigenvalue weighted by atomic mass is 16.5. The van der Waals surface area contributed by atoms with Crippen LogP contribution in [0.3, 0.4) is 0 Å². The molecule has 1 aliphatic heterocycles. The first-order valence-electron chi connectivity index (χ1n) is 10.5. The van der Waals surface area contributed by atoms with Crippen LogP contribution in [0.4, 0.5) is 5.95 Å². The van der Waals surface area contributed by atoms with Crippen LogP contribution in [0.5, 0.6) is 0 Å². The number of carbonyl (C=O) groups is 1. The predicted molar refractivity (Wildman–Crippen MR) is 118 cm³/mol. The van der Waals surface area contributed by atoms with Gasteiger partial charge >= 0.3 is 5.97 Å². The Hall–Kier alpha value is -3.15. The third-order valence-electron chi connectivity index (χ3n) is 5.71. The minimum atomic E-state index is -0.432. The van der Waals surface area contributed by atoms with Crippen LogP contribution in [0.1, 0.15) is 47.2 Å². The number of rotatable bonds is 4. The number of ether oxygens (including phenoxy) is 1. The third kappa shape index (κ3) is 4.08.